The van der Waals surface area contributed by atoms with Crippen molar-refractivity contribution in [1.29, 1.82) is 0 Å². The van der Waals surface area contributed by atoms with Gasteiger partial charge in [0.25, 0.3) is 0 Å². The molecule has 0 aromatic carbocycles. The van der Waals surface area contributed by atoms with Crippen LogP contribution in [0.15, 0.2) is 0 Å². The Bertz CT molecular complexity index is 359. The first kappa shape index (κ1) is 11.4. The predicted octanol–water partition coefficient (Wildman–Crippen LogP) is 1.26. The van der Waals surface area contributed by atoms with Gasteiger partial charge in [-0.15, -0.1) is 0 Å². The van der Waals surface area contributed by atoms with Crippen molar-refractivity contribution in [1.82, 2.24) is 5.32 Å². The Kier molecular flexibility index (Phi) is 2.14. The van der Waals surface area contributed by atoms with E-state index in [1.54, 1.807) is 0 Å². The maximum atomic E-state index is 11.9. The highest BCUT2D eigenvalue weighted by Gasteiger charge is 2.66. The molecule has 0 radical (unpaired) electrons. The first-order valence-corrected chi connectivity index (χ1v) is 5.71. The molecular formula is C12H19NO3. The molecule has 0 heterocycles. The van der Waals surface area contributed by atoms with Gasteiger partial charge >= 0.3 is 5.97 Å². The number of carbonyl (C=O) groups excluding carboxylic acids is 1. The molecule has 0 spiro atoms. The average Bonchev–Trinajstić information content (AvgIpc) is 2.86. The fourth-order valence-electron chi connectivity index (χ4n) is 2.56. The van der Waals surface area contributed by atoms with Gasteiger partial charge in [0.2, 0.25) is 5.91 Å². The zero-order valence-electron chi connectivity index (χ0n) is 10.2. The van der Waals surface area contributed by atoms with Crippen molar-refractivity contribution < 1.29 is 14.7 Å². The van der Waals surface area contributed by atoms with Crippen molar-refractivity contribution in [3.05, 3.63) is 0 Å². The topological polar surface area (TPSA) is 66.4 Å². The number of aliphatic carboxylic acids is 1. The molecule has 2 rings (SSSR count). The third kappa shape index (κ3) is 1.60. The summed E-state index contributed by atoms with van der Waals surface area (Å²) >= 11 is 0. The summed E-state index contributed by atoms with van der Waals surface area (Å²) < 4.78 is 0. The number of amides is 1. The highest BCUT2D eigenvalue weighted by atomic mass is 16.4. The molecule has 0 saturated heterocycles. The van der Waals surface area contributed by atoms with E-state index >= 15 is 0 Å². The van der Waals surface area contributed by atoms with Gasteiger partial charge in [-0.2, -0.15) is 0 Å². The number of nitrogens with one attached hydrogen (secondary N) is 1. The van der Waals surface area contributed by atoms with E-state index < -0.39 is 17.3 Å². The van der Waals surface area contributed by atoms with E-state index in [1.165, 1.54) is 0 Å². The largest absolute Gasteiger partial charge is 0.481 e. The molecule has 0 aliphatic heterocycles. The van der Waals surface area contributed by atoms with E-state index in [4.69, 9.17) is 5.11 Å². The van der Waals surface area contributed by atoms with Gasteiger partial charge in [0, 0.05) is 6.04 Å². The summed E-state index contributed by atoms with van der Waals surface area (Å²) in [5, 5.41) is 11.9. The zero-order valence-corrected chi connectivity index (χ0v) is 10.2. The Labute approximate surface area is 95.4 Å². The van der Waals surface area contributed by atoms with Crippen LogP contribution in [0.1, 0.15) is 34.1 Å². The molecule has 0 aromatic rings. The minimum absolute atomic E-state index is 0.0898. The lowest BCUT2D eigenvalue weighted by molar-refractivity contribution is -0.140. The third-order valence-electron chi connectivity index (χ3n) is 4.21. The minimum Gasteiger partial charge on any atom is -0.481 e. The van der Waals surface area contributed by atoms with Crippen LogP contribution in [0.5, 0.6) is 0 Å². The van der Waals surface area contributed by atoms with Gasteiger partial charge in [0.15, 0.2) is 0 Å². The number of hydrogen-bond donors (Lipinski definition) is 2. The van der Waals surface area contributed by atoms with Crippen LogP contribution in [0.3, 0.4) is 0 Å². The summed E-state index contributed by atoms with van der Waals surface area (Å²) in [6.07, 6.45) is 0.990. The fraction of sp³-hybridized carbons (Fsp3) is 0.833. The Morgan fingerprint density at radius 3 is 2.00 bits per heavy atom. The molecule has 4 heteroatoms. The van der Waals surface area contributed by atoms with Crippen LogP contribution >= 0.6 is 0 Å². The Hall–Kier alpha value is -1.06. The van der Waals surface area contributed by atoms with Crippen LogP contribution in [-0.2, 0) is 9.59 Å². The molecule has 1 amide bonds. The Morgan fingerprint density at radius 2 is 1.69 bits per heavy atom. The van der Waals surface area contributed by atoms with Gasteiger partial charge in [-0.3, -0.25) is 9.59 Å². The van der Waals surface area contributed by atoms with Crippen molar-refractivity contribution in [2.45, 2.75) is 40.2 Å². The lowest BCUT2D eigenvalue weighted by Gasteiger charge is -2.07. The normalized spacial score (nSPS) is 37.6. The van der Waals surface area contributed by atoms with Crippen LogP contribution in [0.25, 0.3) is 0 Å². The lowest BCUT2D eigenvalue weighted by atomic mass is 10.1. The molecule has 16 heavy (non-hydrogen) atoms. The number of carboxylic acids is 1. The van der Waals surface area contributed by atoms with E-state index in [0.29, 0.717) is 0 Å². The summed E-state index contributed by atoms with van der Waals surface area (Å²) in [5.74, 6) is -1.83. The maximum absolute atomic E-state index is 11.9. The van der Waals surface area contributed by atoms with Crippen molar-refractivity contribution in [2.75, 3.05) is 0 Å². The minimum atomic E-state index is -0.861. The molecule has 2 aliphatic carbocycles. The average molecular weight is 225 g/mol. The van der Waals surface area contributed by atoms with Gasteiger partial charge in [0.05, 0.1) is 11.8 Å². The maximum Gasteiger partial charge on any atom is 0.307 e. The van der Waals surface area contributed by atoms with Crippen LogP contribution in [-0.4, -0.2) is 23.0 Å². The monoisotopic (exact) mass is 225 g/mol. The first-order valence-electron chi connectivity index (χ1n) is 5.71. The van der Waals surface area contributed by atoms with E-state index in [0.717, 1.165) is 6.42 Å². The summed E-state index contributed by atoms with van der Waals surface area (Å²) in [6.45, 7) is 7.89. The first-order chi connectivity index (χ1) is 7.18. The fourth-order valence-corrected chi connectivity index (χ4v) is 2.56. The van der Waals surface area contributed by atoms with Crippen LogP contribution < -0.4 is 5.32 Å². The second kappa shape index (κ2) is 2.99. The molecule has 2 fully saturated rings. The highest BCUT2D eigenvalue weighted by molar-refractivity contribution is 5.92. The third-order valence-corrected chi connectivity index (χ3v) is 4.21. The van der Waals surface area contributed by atoms with Gasteiger partial charge in [-0.25, -0.2) is 0 Å². The molecular weight excluding hydrogens is 206 g/mol. The Balaban J connectivity index is 1.95. The predicted molar refractivity (Wildman–Crippen MR) is 58.7 cm³/mol. The summed E-state index contributed by atoms with van der Waals surface area (Å²) in [7, 11) is 0. The Morgan fingerprint density at radius 1 is 1.19 bits per heavy atom. The van der Waals surface area contributed by atoms with Gasteiger partial charge in [-0.05, 0) is 17.3 Å². The molecule has 90 valence electrons. The number of carbonyl (C=O) groups is 2. The van der Waals surface area contributed by atoms with Gasteiger partial charge in [0.1, 0.15) is 0 Å². The molecule has 0 bridgehead atoms. The van der Waals surface area contributed by atoms with E-state index in [9.17, 15) is 9.59 Å². The number of carboxylic acid groups (broad SMARTS) is 1. The highest BCUT2D eigenvalue weighted by Crippen LogP contribution is 2.58. The van der Waals surface area contributed by atoms with E-state index in [2.05, 4.69) is 19.2 Å². The van der Waals surface area contributed by atoms with Crippen molar-refractivity contribution >= 4 is 11.9 Å². The van der Waals surface area contributed by atoms with Gasteiger partial charge < -0.3 is 10.4 Å². The lowest BCUT2D eigenvalue weighted by Crippen LogP contribution is -2.31. The van der Waals surface area contributed by atoms with Crippen molar-refractivity contribution in [2.24, 2.45) is 22.7 Å². The van der Waals surface area contributed by atoms with Gasteiger partial charge in [-0.1, -0.05) is 27.7 Å². The van der Waals surface area contributed by atoms with E-state index in [1.807, 2.05) is 13.8 Å². The van der Waals surface area contributed by atoms with Crippen molar-refractivity contribution in [3.8, 4) is 0 Å². The number of hydrogen-bond acceptors (Lipinski definition) is 2. The second-order valence-corrected chi connectivity index (χ2v) is 6.37. The molecule has 3 atom stereocenters. The smallest absolute Gasteiger partial charge is 0.307 e. The SMILES string of the molecule is CC1(C)CC1NC(=O)C1C(C(=O)O)C1(C)C. The standard InChI is InChI=1S/C12H19NO3/c1-11(2)5-6(11)13-9(14)7-8(10(15)16)12(7,3)4/h6-8H,5H2,1-4H3,(H,13,14)(H,15,16). The zero-order chi connectivity index (χ0) is 12.3. The van der Waals surface area contributed by atoms with Crippen LogP contribution in [0.2, 0.25) is 0 Å². The summed E-state index contributed by atoms with van der Waals surface area (Å²) in [5.41, 5.74) is -0.206. The van der Waals surface area contributed by atoms with Crippen molar-refractivity contribution in [3.63, 3.8) is 0 Å². The molecule has 2 aliphatic rings. The van der Waals surface area contributed by atoms with E-state index in [-0.39, 0.29) is 23.3 Å². The molecule has 4 nitrogen and oxygen atoms in total. The number of rotatable bonds is 3. The van der Waals surface area contributed by atoms with Crippen LogP contribution in [0.4, 0.5) is 0 Å². The quantitative estimate of drug-likeness (QED) is 0.759. The second-order valence-electron chi connectivity index (χ2n) is 6.37. The summed E-state index contributed by atoms with van der Waals surface area (Å²) in [4.78, 5) is 22.8. The summed E-state index contributed by atoms with van der Waals surface area (Å²) in [6, 6.07) is 0.228. The molecule has 2 saturated carbocycles. The molecule has 0 aromatic heterocycles. The molecule has 3 unspecified atom stereocenters. The van der Waals surface area contributed by atoms with Crippen LogP contribution in [0, 0.1) is 22.7 Å². The molecule has 2 N–H and O–H groups in total.